The van der Waals surface area contributed by atoms with Gasteiger partial charge in [-0.25, -0.2) is 0 Å². The third-order valence-corrected chi connectivity index (χ3v) is 3.47. The maximum absolute atomic E-state index is 5.86. The number of aromatic nitrogens is 1. The van der Waals surface area contributed by atoms with E-state index in [1.807, 2.05) is 33.2 Å². The molecule has 7 heteroatoms. The Morgan fingerprint density at radius 3 is 3.05 bits per heavy atom. The zero-order valence-electron chi connectivity index (χ0n) is 12.5. The van der Waals surface area contributed by atoms with Gasteiger partial charge in [0.15, 0.2) is 5.11 Å². The summed E-state index contributed by atoms with van der Waals surface area (Å²) >= 11 is 5.12. The summed E-state index contributed by atoms with van der Waals surface area (Å²) in [4.78, 5) is 6.07. The van der Waals surface area contributed by atoms with E-state index in [1.54, 1.807) is 11.1 Å². The van der Waals surface area contributed by atoms with E-state index in [1.165, 1.54) is 0 Å². The minimum absolute atomic E-state index is 0.122. The summed E-state index contributed by atoms with van der Waals surface area (Å²) < 4.78 is 11.2. The lowest BCUT2D eigenvalue weighted by atomic mass is 10.2. The van der Waals surface area contributed by atoms with E-state index in [4.69, 9.17) is 21.7 Å². The fourth-order valence-corrected chi connectivity index (χ4v) is 1.82. The van der Waals surface area contributed by atoms with Crippen LogP contribution >= 0.6 is 12.2 Å². The molecular weight excluding hydrogens is 288 g/mol. The molecule has 0 saturated carbocycles. The van der Waals surface area contributed by atoms with Crippen molar-refractivity contribution in [2.75, 3.05) is 27.3 Å². The van der Waals surface area contributed by atoms with Gasteiger partial charge in [0.25, 0.3) is 0 Å². The van der Waals surface area contributed by atoms with E-state index in [0.29, 0.717) is 11.7 Å². The molecule has 0 aromatic carbocycles. The smallest absolute Gasteiger partial charge is 0.189 e. The second-order valence-corrected chi connectivity index (χ2v) is 5.38. The minimum atomic E-state index is 0.122. The van der Waals surface area contributed by atoms with Gasteiger partial charge in [-0.2, -0.15) is 5.10 Å². The van der Waals surface area contributed by atoms with Gasteiger partial charge in [-0.3, -0.25) is 10.4 Å². The third kappa shape index (κ3) is 4.64. The molecule has 1 aromatic rings. The Balaban J connectivity index is 2.01. The molecule has 21 heavy (non-hydrogen) atoms. The first kappa shape index (κ1) is 15.7. The van der Waals surface area contributed by atoms with E-state index < -0.39 is 0 Å². The largest absolute Gasteiger partial charge is 0.488 e. The number of nitrogens with zero attached hydrogens (tertiary/aromatic N) is 3. The number of hydrogen-bond acceptors (Lipinski definition) is 5. The Labute approximate surface area is 130 Å². The first-order chi connectivity index (χ1) is 10.1. The van der Waals surface area contributed by atoms with Crippen LogP contribution in [-0.4, -0.2) is 54.1 Å². The fourth-order valence-electron chi connectivity index (χ4n) is 1.77. The first-order valence-electron chi connectivity index (χ1n) is 6.78. The molecule has 1 fully saturated rings. The molecule has 0 bridgehead atoms. The zero-order chi connectivity index (χ0) is 15.2. The van der Waals surface area contributed by atoms with Crippen molar-refractivity contribution in [2.45, 2.75) is 19.4 Å². The molecule has 0 unspecified atom stereocenters. The Morgan fingerprint density at radius 1 is 1.57 bits per heavy atom. The van der Waals surface area contributed by atoms with E-state index >= 15 is 0 Å². The Hall–Kier alpha value is -1.73. The number of thiocarbonyl (C=S) groups is 1. The molecule has 0 radical (unpaired) electrons. The number of hydrazone groups is 1. The number of nitrogens with one attached hydrogen (secondary N) is 1. The second kappa shape index (κ2) is 7.33. The molecule has 6 nitrogen and oxygen atoms in total. The van der Waals surface area contributed by atoms with Crippen LogP contribution in [0.4, 0.5) is 0 Å². The summed E-state index contributed by atoms with van der Waals surface area (Å²) in [5, 5.41) is 4.78. The van der Waals surface area contributed by atoms with Crippen LogP contribution in [0.25, 0.3) is 0 Å². The van der Waals surface area contributed by atoms with Crippen molar-refractivity contribution < 1.29 is 9.47 Å². The molecule has 1 aliphatic heterocycles. The number of pyridine rings is 1. The summed E-state index contributed by atoms with van der Waals surface area (Å²) in [5.41, 5.74) is 4.31. The molecule has 1 saturated heterocycles. The summed E-state index contributed by atoms with van der Waals surface area (Å²) in [5.74, 6) is 0.778. The van der Waals surface area contributed by atoms with Crippen LogP contribution in [0, 0.1) is 0 Å². The summed E-state index contributed by atoms with van der Waals surface area (Å²) in [6.45, 7) is 3.27. The molecule has 2 heterocycles. The van der Waals surface area contributed by atoms with Crippen molar-refractivity contribution in [3.05, 3.63) is 24.0 Å². The van der Waals surface area contributed by atoms with Gasteiger partial charge in [0.1, 0.15) is 11.9 Å². The maximum atomic E-state index is 5.86. The Kier molecular flexibility index (Phi) is 5.46. The predicted octanol–water partition coefficient (Wildman–Crippen LogP) is 1.41. The number of hydrogen-bond donors (Lipinski definition) is 1. The van der Waals surface area contributed by atoms with Gasteiger partial charge >= 0.3 is 0 Å². The van der Waals surface area contributed by atoms with E-state index in [-0.39, 0.29) is 6.10 Å². The second-order valence-electron chi connectivity index (χ2n) is 4.99. The van der Waals surface area contributed by atoms with Gasteiger partial charge in [-0.15, -0.1) is 0 Å². The molecule has 1 N–H and O–H groups in total. The first-order valence-corrected chi connectivity index (χ1v) is 7.19. The van der Waals surface area contributed by atoms with Gasteiger partial charge in [0.05, 0.1) is 24.6 Å². The Morgan fingerprint density at radius 2 is 2.38 bits per heavy atom. The van der Waals surface area contributed by atoms with Crippen LogP contribution < -0.4 is 10.2 Å². The third-order valence-electron chi connectivity index (χ3n) is 3.02. The standard InChI is InChI=1S/C14H20N4O2S/c1-10(16-17-14(21)18(2)3)13-8-11(4-6-15-13)20-12-5-7-19-9-12/h4,6,8,12H,5,7,9H2,1-3H3,(H,17,21)/b16-10+/t12-/m0/s1. The number of rotatable bonds is 4. The SMILES string of the molecule is C/C(=N\NC(=S)N(C)C)c1cc(O[C@H]2CCOC2)ccn1. The van der Waals surface area contributed by atoms with Crippen molar-refractivity contribution >= 4 is 23.0 Å². The van der Waals surface area contributed by atoms with Crippen molar-refractivity contribution in [1.29, 1.82) is 0 Å². The molecular formula is C14H20N4O2S. The van der Waals surface area contributed by atoms with Crippen LogP contribution in [-0.2, 0) is 4.74 Å². The molecule has 1 aromatic heterocycles. The van der Waals surface area contributed by atoms with Crippen molar-refractivity contribution in [1.82, 2.24) is 15.3 Å². The lowest BCUT2D eigenvalue weighted by molar-refractivity contribution is 0.141. The van der Waals surface area contributed by atoms with Crippen LogP contribution in [0.3, 0.4) is 0 Å². The van der Waals surface area contributed by atoms with Gasteiger partial charge in [0.2, 0.25) is 0 Å². The average molecular weight is 308 g/mol. The summed E-state index contributed by atoms with van der Waals surface area (Å²) in [6, 6.07) is 3.71. The summed E-state index contributed by atoms with van der Waals surface area (Å²) in [6.07, 6.45) is 2.75. The Bertz CT molecular complexity index is 527. The molecule has 2 rings (SSSR count). The van der Waals surface area contributed by atoms with Crippen LogP contribution in [0.5, 0.6) is 5.75 Å². The molecule has 114 valence electrons. The molecule has 0 amide bonds. The van der Waals surface area contributed by atoms with E-state index in [2.05, 4.69) is 15.5 Å². The van der Waals surface area contributed by atoms with Crippen LogP contribution in [0.2, 0.25) is 0 Å². The van der Waals surface area contributed by atoms with Gasteiger partial charge in [-0.05, 0) is 25.2 Å². The van der Waals surface area contributed by atoms with Gasteiger partial charge in [0, 0.05) is 32.8 Å². The highest BCUT2D eigenvalue weighted by Gasteiger charge is 2.17. The minimum Gasteiger partial charge on any atom is -0.488 e. The highest BCUT2D eigenvalue weighted by atomic mass is 32.1. The van der Waals surface area contributed by atoms with Crippen LogP contribution in [0.1, 0.15) is 19.0 Å². The van der Waals surface area contributed by atoms with E-state index in [0.717, 1.165) is 30.2 Å². The quantitative estimate of drug-likeness (QED) is 0.515. The van der Waals surface area contributed by atoms with E-state index in [9.17, 15) is 0 Å². The molecule has 1 aliphatic rings. The van der Waals surface area contributed by atoms with Crippen molar-refractivity contribution in [2.24, 2.45) is 5.10 Å². The molecule has 0 aliphatic carbocycles. The van der Waals surface area contributed by atoms with Crippen LogP contribution in [0.15, 0.2) is 23.4 Å². The van der Waals surface area contributed by atoms with Crippen molar-refractivity contribution in [3.8, 4) is 5.75 Å². The molecule has 0 spiro atoms. The van der Waals surface area contributed by atoms with Gasteiger partial charge in [-0.1, -0.05) is 0 Å². The number of ether oxygens (including phenoxy) is 2. The summed E-state index contributed by atoms with van der Waals surface area (Å²) in [7, 11) is 3.72. The fraction of sp³-hybridized carbons (Fsp3) is 0.500. The highest BCUT2D eigenvalue weighted by molar-refractivity contribution is 7.80. The average Bonchev–Trinajstić information content (AvgIpc) is 2.97. The zero-order valence-corrected chi connectivity index (χ0v) is 13.3. The lowest BCUT2D eigenvalue weighted by Crippen LogP contribution is -2.31. The lowest BCUT2D eigenvalue weighted by Gasteiger charge is -2.13. The molecule has 1 atom stereocenters. The predicted molar refractivity (Wildman–Crippen MR) is 85.7 cm³/mol. The van der Waals surface area contributed by atoms with Crippen molar-refractivity contribution in [3.63, 3.8) is 0 Å². The maximum Gasteiger partial charge on any atom is 0.189 e. The normalized spacial score (nSPS) is 18.4. The monoisotopic (exact) mass is 308 g/mol. The highest BCUT2D eigenvalue weighted by Crippen LogP contribution is 2.17. The van der Waals surface area contributed by atoms with Gasteiger partial charge < -0.3 is 14.4 Å². The topological polar surface area (TPSA) is 59.0 Å².